The van der Waals surface area contributed by atoms with Gasteiger partial charge in [0.05, 0.1) is 60.7 Å². The molecule has 2 atom stereocenters. The van der Waals surface area contributed by atoms with Gasteiger partial charge >= 0.3 is 6.18 Å². The molecule has 0 saturated heterocycles. The van der Waals surface area contributed by atoms with E-state index in [1.54, 1.807) is 48.7 Å². The molecule has 7 aromatic rings. The van der Waals surface area contributed by atoms with Crippen LogP contribution < -0.4 is 28.3 Å². The molecule has 135 heavy (non-hydrogen) atoms. The van der Waals surface area contributed by atoms with E-state index in [-0.39, 0.29) is 38.8 Å². The molecule has 712 valence electrons. The zero-order chi connectivity index (χ0) is 99.6. The minimum Gasteiger partial charge on any atom is -0.543 e. The molecule has 3 aliphatic heterocycles. The van der Waals surface area contributed by atoms with Gasteiger partial charge in [-0.25, -0.2) is 14.5 Å². The van der Waals surface area contributed by atoms with Crippen LogP contribution in [0.15, 0.2) is 207 Å². The molecule has 23 heteroatoms. The van der Waals surface area contributed by atoms with Crippen molar-refractivity contribution in [3.8, 4) is 35.5 Å². The van der Waals surface area contributed by atoms with Crippen LogP contribution in [-0.4, -0.2) is 79.4 Å². The van der Waals surface area contributed by atoms with Gasteiger partial charge in [0, 0.05) is 137 Å². The van der Waals surface area contributed by atoms with Crippen molar-refractivity contribution in [2.45, 2.75) is 262 Å². The lowest BCUT2D eigenvalue weighted by Crippen LogP contribution is -2.44. The van der Waals surface area contributed by atoms with Gasteiger partial charge in [0.25, 0.3) is 16.6 Å². The topological polar surface area (TPSA) is 150 Å². The maximum atomic E-state index is 14.2. The monoisotopic (exact) mass is 1910 g/mol. The van der Waals surface area contributed by atoms with Gasteiger partial charge in [0.15, 0.2) is 0 Å². The molecule has 0 N–H and O–H groups in total. The van der Waals surface area contributed by atoms with Crippen LogP contribution in [0, 0.1) is 53.7 Å². The van der Waals surface area contributed by atoms with Crippen LogP contribution >= 0.6 is 34.0 Å². The molecule has 0 amide bonds. The first-order valence-electron chi connectivity index (χ1n) is 46.8. The van der Waals surface area contributed by atoms with Crippen molar-refractivity contribution in [2.75, 3.05) is 54.0 Å². The summed E-state index contributed by atoms with van der Waals surface area (Å²) in [5.41, 5.74) is 5.67. The summed E-state index contributed by atoms with van der Waals surface area (Å²) in [5.74, 6) is 3.09. The van der Waals surface area contributed by atoms with Gasteiger partial charge in [-0.1, -0.05) is 143 Å². The average Bonchev–Trinajstić information content (AvgIpc) is 1.59. The molecule has 2 unspecified atom stereocenters. The normalized spacial score (nSPS) is 17.5. The number of hydrogen-bond acceptors (Lipinski definition) is 15. The Labute approximate surface area is 818 Å². The number of thiophene rings is 3. The molecule has 10 rings (SSSR count). The SMILES string of the molecule is [C-]#[N+]C1=C(/C=C/c2ccc(/C=C/c3ccc(N(CC)CC)cc3OC(C)C)s2)C(C)(C)O/C1=C(\C)C#N.[C-]#[N+]C1=C(/C=C/c2ccc(/C=C/c3ccc(N(CCCC)CCCC)cc3O[Si](C)(C)C(C)(C)C)s2)C(C)(C(F)(F)F)O/C1=C(\C)C#N.[C-]#[N+]C1=C(/C=C/c2ccc(/C=C/c3ccc(N(CCCC)CCCC)cc3O[Si](C)(C)C(C)(C)C)s2)C(C)(c2ccccc2)O/C1=C(\C)C#N. The Bertz CT molecular complexity index is 5980. The van der Waals surface area contributed by atoms with Crippen LogP contribution in [-0.2, 0) is 19.8 Å². The first-order chi connectivity index (χ1) is 63.8. The average molecular weight is 1910 g/mol. The fraction of sp³-hybridized carbons (Fsp3) is 0.411. The molecule has 0 radical (unpaired) electrons. The van der Waals surface area contributed by atoms with Crippen molar-refractivity contribution >= 4 is 122 Å². The quantitative estimate of drug-likeness (QED) is 0.0209. The number of allylic oxidation sites excluding steroid dienone is 3. The van der Waals surface area contributed by atoms with Crippen LogP contribution in [0.4, 0.5) is 30.2 Å². The predicted octanol–water partition coefficient (Wildman–Crippen LogP) is 33.0. The molecule has 0 saturated carbocycles. The molecule has 0 aliphatic carbocycles. The molecule has 6 heterocycles. The molecule has 0 bridgehead atoms. The third-order valence-electron chi connectivity index (χ3n) is 24.9. The second-order valence-electron chi connectivity index (χ2n) is 37.9. The Balaban J connectivity index is 0.000000252. The van der Waals surface area contributed by atoms with Crippen molar-refractivity contribution in [1.82, 2.24) is 0 Å². The third kappa shape index (κ3) is 27.8. The summed E-state index contributed by atoms with van der Waals surface area (Å²) in [6.45, 7) is 80.5. The number of unbranched alkanes of at least 4 members (excludes halogenated alkanes) is 4. The fourth-order valence-electron chi connectivity index (χ4n) is 14.6. The number of halogens is 3. The second kappa shape index (κ2) is 48.1. The highest BCUT2D eigenvalue weighted by atomic mass is 32.1. The summed E-state index contributed by atoms with van der Waals surface area (Å²) in [5, 5.41) is 28.3. The predicted molar refractivity (Wildman–Crippen MR) is 567 cm³/mol. The Morgan fingerprint density at radius 2 is 0.756 bits per heavy atom. The van der Waals surface area contributed by atoms with Crippen molar-refractivity contribution in [3.63, 3.8) is 0 Å². The highest BCUT2D eigenvalue weighted by Gasteiger charge is 2.60. The van der Waals surface area contributed by atoms with Gasteiger partial charge < -0.3 is 42.5 Å². The first kappa shape index (κ1) is 109. The number of nitriles is 3. The first-order valence-corrected chi connectivity index (χ1v) is 55.1. The van der Waals surface area contributed by atoms with Gasteiger partial charge in [-0.05, 0) is 271 Å². The van der Waals surface area contributed by atoms with Crippen LogP contribution in [0.1, 0.15) is 248 Å². The van der Waals surface area contributed by atoms with Crippen LogP contribution in [0.25, 0.3) is 69.2 Å². The van der Waals surface area contributed by atoms with E-state index < -0.39 is 39.6 Å². The zero-order valence-electron chi connectivity index (χ0n) is 83.8. The summed E-state index contributed by atoms with van der Waals surface area (Å²) in [4.78, 5) is 24.1. The molecule has 15 nitrogen and oxygen atoms in total. The van der Waals surface area contributed by atoms with E-state index in [0.717, 1.165) is 158 Å². The fourth-order valence-corrected chi connectivity index (χ4v) is 19.1. The summed E-state index contributed by atoms with van der Waals surface area (Å²) >= 11 is 4.76. The smallest absolute Gasteiger partial charge is 0.430 e. The minimum atomic E-state index is -4.80. The molecule has 3 aliphatic rings. The number of anilines is 3. The Morgan fingerprint density at radius 3 is 1.10 bits per heavy atom. The Hall–Kier alpha value is -11.8. The van der Waals surface area contributed by atoms with E-state index in [9.17, 15) is 29.0 Å². The molecular formula is C112H136F3N9O6S3Si2. The summed E-state index contributed by atoms with van der Waals surface area (Å²) in [6.07, 6.45) is 27.8. The standard InChI is InChI=1S/C43H53N3O2SSi.C38H48F3N3O2SSi.C31H35N3O2S/c1-11-13-28-46(29-14-12-2)35-22-20-33(39(30-35)48-50(9,10)42(4,5)6)21-23-36-24-25-37(49-36)26-27-38-40(45-8)41(32(3)31-44)47-43(38,7)34-18-16-15-17-19-34;1-11-13-23-44(24-14-12-2)29-17-15-28(33(25-29)46-48(9,10)36(4,5)6)16-18-30-19-20-31(47-30)21-22-32-34(43-8)35(27(3)26-42)45-37(32,7)38(39,40)41;1-9-34(10-2)24-13-11-23(28(19-24)35-21(3)4)12-14-25-15-16-26(37-25)17-18-27-29(33-8)30(22(5)20-32)36-31(27,6)7/h15-27,30H,11-14,28-29H2,1-7,9-10H3;15-22,25H,11-14,23-24H2,1-7,9-10H3;11-19,21H,9-10H2,1-7H3/b23-21+,27-26+,41-32+;18-16+,22-21+,35-27+;14-12+,18-17+,30-22+. The molecule has 4 aromatic carbocycles. The largest absolute Gasteiger partial charge is 0.543 e. The molecule has 0 fully saturated rings. The van der Waals surface area contributed by atoms with E-state index in [2.05, 4.69) is 254 Å². The van der Waals surface area contributed by atoms with Crippen LogP contribution in [0.3, 0.4) is 0 Å². The van der Waals surface area contributed by atoms with E-state index in [4.69, 9.17) is 47.5 Å². The molecular weight excluding hydrogens is 1780 g/mol. The second-order valence-corrected chi connectivity index (χ2v) is 50.8. The third-order valence-corrected chi connectivity index (χ3v) is 36.7. The Morgan fingerprint density at radius 1 is 0.437 bits per heavy atom. The lowest BCUT2D eigenvalue weighted by atomic mass is 9.87. The van der Waals surface area contributed by atoms with Gasteiger partial charge in [-0.3, -0.25) is 0 Å². The number of alkyl halides is 3. The van der Waals surface area contributed by atoms with E-state index in [1.807, 2.05) is 114 Å². The van der Waals surface area contributed by atoms with Gasteiger partial charge in [0.1, 0.15) is 45.7 Å². The number of nitrogens with zero attached hydrogens (tertiary/aromatic N) is 9. The summed E-state index contributed by atoms with van der Waals surface area (Å²) in [7, 11) is -4.25. The molecule has 0 spiro atoms. The number of hydrogen-bond donors (Lipinski definition) is 0. The maximum Gasteiger partial charge on any atom is 0.430 e. The molecule has 3 aromatic heterocycles. The summed E-state index contributed by atoms with van der Waals surface area (Å²) in [6, 6.07) is 47.6. The van der Waals surface area contributed by atoms with Gasteiger partial charge in [-0.15, -0.1) is 34.0 Å². The van der Waals surface area contributed by atoms with E-state index in [1.165, 1.54) is 55.7 Å². The van der Waals surface area contributed by atoms with E-state index >= 15 is 0 Å². The highest BCUT2D eigenvalue weighted by molar-refractivity contribution is 7.14. The minimum absolute atomic E-state index is 0.0159. The van der Waals surface area contributed by atoms with Crippen molar-refractivity contribution in [2.24, 2.45) is 0 Å². The lowest BCUT2D eigenvalue weighted by Gasteiger charge is -2.37. The van der Waals surface area contributed by atoms with Gasteiger partial charge in [-0.2, -0.15) is 29.0 Å². The summed E-state index contributed by atoms with van der Waals surface area (Å²) < 4.78 is 80.2. The van der Waals surface area contributed by atoms with Crippen LogP contribution in [0.2, 0.25) is 36.3 Å². The zero-order valence-corrected chi connectivity index (χ0v) is 88.2. The number of ether oxygens (including phenoxy) is 4. The number of benzene rings is 4. The van der Waals surface area contributed by atoms with Crippen LogP contribution in [0.5, 0.6) is 17.2 Å². The van der Waals surface area contributed by atoms with Gasteiger partial charge in [0.2, 0.25) is 22.7 Å². The lowest BCUT2D eigenvalue weighted by molar-refractivity contribution is -0.236. The maximum absolute atomic E-state index is 14.2. The van der Waals surface area contributed by atoms with E-state index in [0.29, 0.717) is 38.9 Å². The van der Waals surface area contributed by atoms with Crippen molar-refractivity contribution < 1.29 is 41.0 Å². The Kier molecular flexibility index (Phi) is 38.7. The number of rotatable bonds is 36. The van der Waals surface area contributed by atoms with Crippen molar-refractivity contribution in [3.05, 3.63) is 293 Å². The highest BCUT2D eigenvalue weighted by Crippen LogP contribution is 2.52. The van der Waals surface area contributed by atoms with Crippen molar-refractivity contribution in [1.29, 1.82) is 15.8 Å².